The van der Waals surface area contributed by atoms with E-state index in [4.69, 9.17) is 3.48 Å². The number of rotatable bonds is 2. The zero-order valence-corrected chi connectivity index (χ0v) is 7.64. The summed E-state index contributed by atoms with van der Waals surface area (Å²) in [4.78, 5) is 0. The van der Waals surface area contributed by atoms with Crippen LogP contribution < -0.4 is 0 Å². The van der Waals surface area contributed by atoms with E-state index < -0.39 is 14.5 Å². The van der Waals surface area contributed by atoms with Crippen LogP contribution in [0.1, 0.15) is 0 Å². The predicted octanol–water partition coefficient (Wildman–Crippen LogP) is 1.37. The summed E-state index contributed by atoms with van der Waals surface area (Å²) in [6.07, 6.45) is 0. The Morgan fingerprint density at radius 2 is 1.86 bits per heavy atom. The Balaban J connectivity index is 0. The van der Waals surface area contributed by atoms with E-state index >= 15 is 0 Å². The highest BCUT2D eigenvalue weighted by molar-refractivity contribution is 6.55. The quantitative estimate of drug-likeness (QED) is 0.406. The van der Waals surface area contributed by atoms with Crippen LogP contribution in [0.3, 0.4) is 0 Å². The molecule has 0 aromatic heterocycles. The van der Waals surface area contributed by atoms with E-state index in [1.165, 1.54) is 0 Å². The van der Waals surface area contributed by atoms with Crippen LogP contribution in [-0.4, -0.2) is 24.2 Å². The van der Waals surface area contributed by atoms with Gasteiger partial charge in [0.1, 0.15) is 0 Å². The van der Waals surface area contributed by atoms with Gasteiger partial charge in [0.2, 0.25) is 0 Å². The lowest BCUT2D eigenvalue weighted by Crippen LogP contribution is -2.08. The zero-order valence-electron chi connectivity index (χ0n) is 5.49. The van der Waals surface area contributed by atoms with Gasteiger partial charge in [0, 0.05) is 7.43 Å². The Morgan fingerprint density at radius 1 is 1.43 bits per heavy atom. The first kappa shape index (κ1) is 10.5. The molecule has 0 heterocycles. The maximum Gasteiger partial charge on any atom is 0.442 e. The minimum absolute atomic E-state index is 0. The molecule has 0 aromatic rings. The van der Waals surface area contributed by atoms with Gasteiger partial charge in [-0.3, -0.25) is 0 Å². The molecule has 0 spiro atoms. The van der Waals surface area contributed by atoms with Crippen molar-refractivity contribution in [2.45, 2.75) is 18.1 Å². The number of hydrogen-bond donors (Lipinski definition) is 0. The topological polar surface area (TPSA) is 9.23 Å². The van der Waals surface area contributed by atoms with Crippen LogP contribution in [-0.2, 0) is 3.48 Å². The molecule has 3 heteroatoms. The minimum atomic E-state index is -0.658. The fourth-order valence-electron chi connectivity index (χ4n) is 0.236. The second-order valence-corrected chi connectivity index (χ2v) is 4.82. The first-order valence-corrected chi connectivity index (χ1v) is 6.28. The summed E-state index contributed by atoms with van der Waals surface area (Å²) in [5.74, 6) is 4.35. The van der Waals surface area contributed by atoms with Crippen LogP contribution in [0.5, 0.6) is 0 Å². The van der Waals surface area contributed by atoms with Crippen molar-refractivity contribution in [2.75, 3.05) is 0 Å². The van der Waals surface area contributed by atoms with Crippen molar-refractivity contribution < 1.29 is 3.48 Å². The fourth-order valence-corrected chi connectivity index (χ4v) is 2.12. The molecule has 0 unspecified atom stereocenters. The largest absolute Gasteiger partial charge is 0.547 e. The standard InChI is InChI=1S/CH3OSi.3CH3.Al/c1-3-2;;;;/h1H3;3*1H3;/q-1;;;2*+1. The number of hydrogen-bond acceptors (Lipinski definition) is 1. The second kappa shape index (κ2) is 6.58. The Labute approximate surface area is 53.7 Å². The van der Waals surface area contributed by atoms with E-state index in [1.807, 2.05) is 0 Å². The third-order valence-corrected chi connectivity index (χ3v) is 3.18. The van der Waals surface area contributed by atoms with E-state index in [1.54, 1.807) is 0 Å². The molecule has 0 saturated heterocycles. The summed E-state index contributed by atoms with van der Waals surface area (Å²) in [5, 5.41) is 0. The van der Waals surface area contributed by atoms with Crippen molar-refractivity contribution in [1.29, 1.82) is 0 Å². The van der Waals surface area contributed by atoms with Crippen molar-refractivity contribution in [2.24, 2.45) is 0 Å². The van der Waals surface area contributed by atoms with Gasteiger partial charge in [-0.25, -0.2) is 0 Å². The highest BCUT2D eigenvalue weighted by Gasteiger charge is 1.98. The minimum Gasteiger partial charge on any atom is -0.547 e. The van der Waals surface area contributed by atoms with Crippen molar-refractivity contribution in [3.05, 3.63) is 7.43 Å². The highest BCUT2D eigenvalue weighted by Crippen LogP contribution is 1.77. The Hall–Kier alpha value is 0.579. The van der Waals surface area contributed by atoms with E-state index in [2.05, 4.69) is 18.1 Å². The molecule has 0 fully saturated rings. The van der Waals surface area contributed by atoms with Gasteiger partial charge in [0.25, 0.3) is 0 Å². The first-order valence-electron chi connectivity index (χ1n) is 2.09. The average molecular weight is 131 g/mol. The average Bonchev–Trinajstić information content (AvgIpc) is 1.35. The fraction of sp³-hybridized carbons (Fsp3) is 0.750. The van der Waals surface area contributed by atoms with E-state index in [0.29, 0.717) is 9.76 Å². The summed E-state index contributed by atoms with van der Waals surface area (Å²) in [5.41, 5.74) is 0. The first-order chi connectivity index (χ1) is 2.77. The molecule has 0 N–H and O–H groups in total. The predicted molar refractivity (Wildman–Crippen MR) is 36.6 cm³/mol. The van der Waals surface area contributed by atoms with E-state index in [0.717, 1.165) is 0 Å². The molecule has 7 heavy (non-hydrogen) atoms. The molecule has 0 aliphatic carbocycles. The van der Waals surface area contributed by atoms with Gasteiger partial charge in [0.15, 0.2) is 9.76 Å². The molecule has 1 nitrogen and oxygen atoms in total. The highest BCUT2D eigenvalue weighted by atomic mass is 28.2. The molecule has 0 bridgehead atoms. The lowest BCUT2D eigenvalue weighted by molar-refractivity contribution is 0.630. The van der Waals surface area contributed by atoms with Gasteiger partial charge >= 0.3 is 14.5 Å². The van der Waals surface area contributed by atoms with Crippen LogP contribution in [0, 0.1) is 7.43 Å². The lowest BCUT2D eigenvalue weighted by atomic mass is 11.9. The van der Waals surface area contributed by atoms with E-state index in [9.17, 15) is 0 Å². The van der Waals surface area contributed by atoms with Crippen LogP contribution in [0.25, 0.3) is 0 Å². The Kier molecular flexibility index (Phi) is 9.91. The van der Waals surface area contributed by atoms with Crippen LogP contribution in [0.4, 0.5) is 0 Å². The van der Waals surface area contributed by atoms with Gasteiger partial charge in [-0.1, -0.05) is 11.6 Å². The molecule has 2 radical (unpaired) electrons. The van der Waals surface area contributed by atoms with E-state index in [-0.39, 0.29) is 7.43 Å². The van der Waals surface area contributed by atoms with Crippen molar-refractivity contribution >= 4 is 24.2 Å². The second-order valence-electron chi connectivity index (χ2n) is 1.37. The molecule has 0 aliphatic heterocycles. The molecule has 0 amide bonds. The molecular weight excluding hydrogens is 119 g/mol. The maximum atomic E-state index is 5.21. The molecule has 0 saturated carbocycles. The third kappa shape index (κ3) is 10.8. The van der Waals surface area contributed by atoms with Crippen molar-refractivity contribution in [1.82, 2.24) is 0 Å². The Morgan fingerprint density at radius 3 is 1.86 bits per heavy atom. The Bertz CT molecular complexity index is 32.9. The van der Waals surface area contributed by atoms with Crippen LogP contribution >= 0.6 is 0 Å². The summed E-state index contributed by atoms with van der Waals surface area (Å²) in [6.45, 7) is 2.06. The lowest BCUT2D eigenvalue weighted by Gasteiger charge is -1.94. The zero-order chi connectivity index (χ0) is 4.99. The van der Waals surface area contributed by atoms with Crippen LogP contribution in [0.15, 0.2) is 0 Å². The molecule has 0 aromatic carbocycles. The SMILES string of the molecule is C[Si][O][Al]([CH3])[CH3].[CH3+]. The molecule has 0 atom stereocenters. The molecular formula is C4H12AlOSi+. The molecule has 0 rings (SSSR count). The summed E-state index contributed by atoms with van der Waals surface area (Å²) >= 11 is -0.658. The summed E-state index contributed by atoms with van der Waals surface area (Å²) < 4.78 is 5.21. The third-order valence-electron chi connectivity index (χ3n) is 0.354. The smallest absolute Gasteiger partial charge is 0.442 e. The van der Waals surface area contributed by atoms with Crippen molar-refractivity contribution in [3.63, 3.8) is 0 Å². The summed E-state index contributed by atoms with van der Waals surface area (Å²) in [7, 11) is 0.700. The van der Waals surface area contributed by atoms with Gasteiger partial charge < -0.3 is 3.48 Å². The van der Waals surface area contributed by atoms with Gasteiger partial charge in [0.05, 0.1) is 0 Å². The van der Waals surface area contributed by atoms with Gasteiger partial charge in [-0.2, -0.15) is 0 Å². The van der Waals surface area contributed by atoms with Gasteiger partial charge in [-0.15, -0.1) is 0 Å². The normalized spacial score (nSPS) is 7.29. The maximum absolute atomic E-state index is 5.21. The van der Waals surface area contributed by atoms with Crippen LogP contribution in [0.2, 0.25) is 18.1 Å². The van der Waals surface area contributed by atoms with Gasteiger partial charge in [-0.05, 0) is 6.55 Å². The van der Waals surface area contributed by atoms with Crippen molar-refractivity contribution in [3.8, 4) is 0 Å². The molecule has 0 aliphatic rings. The summed E-state index contributed by atoms with van der Waals surface area (Å²) in [6, 6.07) is 0. The molecule has 40 valence electrons. The monoisotopic (exact) mass is 131 g/mol.